The number of rotatable bonds is 10. The van der Waals surface area contributed by atoms with E-state index in [9.17, 15) is 0 Å². The zero-order valence-electron chi connectivity index (χ0n) is 29.6. The second-order valence-corrected chi connectivity index (χ2v) is 10.9. The van der Waals surface area contributed by atoms with Crippen molar-refractivity contribution in [2.24, 2.45) is 0 Å². The first-order valence-corrected chi connectivity index (χ1v) is 16.2. The first kappa shape index (κ1) is 42.9. The Morgan fingerprint density at radius 3 is 1.37 bits per heavy atom. The molecule has 232 valence electrons. The van der Waals surface area contributed by atoms with Gasteiger partial charge in [0.2, 0.25) is 0 Å². The molecule has 2 rings (SSSR count). The van der Waals surface area contributed by atoms with Gasteiger partial charge in [0.05, 0.1) is 0 Å². The third-order valence-electron chi connectivity index (χ3n) is 6.68. The first-order valence-electron chi connectivity index (χ1n) is 16.2. The van der Waals surface area contributed by atoms with Crippen molar-refractivity contribution in [2.45, 2.75) is 141 Å². The summed E-state index contributed by atoms with van der Waals surface area (Å²) in [5, 5.41) is 0. The molecule has 0 saturated carbocycles. The summed E-state index contributed by atoms with van der Waals surface area (Å²) < 4.78 is 0. The van der Waals surface area contributed by atoms with E-state index in [1.807, 2.05) is 13.0 Å². The molecule has 0 aromatic heterocycles. The number of benzene rings is 2. The van der Waals surface area contributed by atoms with Gasteiger partial charge < -0.3 is 0 Å². The molecule has 0 nitrogen and oxygen atoms in total. The third kappa shape index (κ3) is 22.7. The van der Waals surface area contributed by atoms with Crippen molar-refractivity contribution in [1.29, 1.82) is 0 Å². The average Bonchev–Trinajstić information content (AvgIpc) is 2.98. The minimum absolute atomic E-state index is 1.03. The van der Waals surface area contributed by atoms with Crippen molar-refractivity contribution in [2.75, 3.05) is 0 Å². The summed E-state index contributed by atoms with van der Waals surface area (Å²) in [6.07, 6.45) is 11.4. The molecule has 0 heteroatoms. The molecule has 0 saturated heterocycles. The van der Waals surface area contributed by atoms with Crippen molar-refractivity contribution in [3.63, 3.8) is 0 Å². The van der Waals surface area contributed by atoms with Gasteiger partial charge in [-0.05, 0) is 93.7 Å². The van der Waals surface area contributed by atoms with E-state index in [0.717, 1.165) is 24.0 Å². The molecule has 2 aromatic carbocycles. The molecule has 0 aliphatic rings. The normalized spacial score (nSPS) is 9.17. The fraction of sp³-hybridized carbons (Fsp3) is 0.512. The Bertz CT molecular complexity index is 936. The van der Waals surface area contributed by atoms with Gasteiger partial charge in [-0.2, -0.15) is 0 Å². The van der Waals surface area contributed by atoms with Crippen LogP contribution in [-0.4, -0.2) is 0 Å². The molecule has 0 bridgehead atoms. The van der Waals surface area contributed by atoms with E-state index in [1.165, 1.54) is 83.9 Å². The Labute approximate surface area is 258 Å². The lowest BCUT2D eigenvalue weighted by Crippen LogP contribution is -1.98. The Balaban J connectivity index is -0.000000504. The highest BCUT2D eigenvalue weighted by Crippen LogP contribution is 2.33. The highest BCUT2D eigenvalue weighted by molar-refractivity contribution is 5.86. The molecule has 0 fully saturated rings. The predicted octanol–water partition coefficient (Wildman–Crippen LogP) is 14.2. The number of aryl methyl sites for hydroxylation is 3. The quantitative estimate of drug-likeness (QED) is 0.200. The highest BCUT2D eigenvalue weighted by Gasteiger charge is 2.13. The van der Waals surface area contributed by atoms with Crippen molar-refractivity contribution in [1.82, 2.24) is 0 Å². The summed E-state index contributed by atoms with van der Waals surface area (Å²) in [5.74, 6) is 0. The standard InChI is InChI=1S/C17H22.C8H10.C8H16.2C4H10/c1-11(2)15(7)16(12(3)4)17-13(5)9-8-10-14(17)6;1-2-8-6-4-3-5-7-8;1-4-6-7-8(3)5-2;2*1-3-4-2/h8-10H,1,7H2,2-6H3;3-7H,2H2,1H3;3-7H2,1-2H3;2*3-4H2,1-2H3. The lowest BCUT2D eigenvalue weighted by molar-refractivity contribution is 0.769. The fourth-order valence-corrected chi connectivity index (χ4v) is 3.44. The van der Waals surface area contributed by atoms with Crippen LogP contribution in [0.25, 0.3) is 5.57 Å². The van der Waals surface area contributed by atoms with Crippen LogP contribution in [0.2, 0.25) is 0 Å². The molecule has 0 amide bonds. The van der Waals surface area contributed by atoms with E-state index < -0.39 is 0 Å². The van der Waals surface area contributed by atoms with Crippen LogP contribution in [0.5, 0.6) is 0 Å². The Hall–Kier alpha value is -2.60. The molecule has 0 radical (unpaired) electrons. The lowest BCUT2D eigenvalue weighted by Gasteiger charge is -2.18. The van der Waals surface area contributed by atoms with Gasteiger partial charge in [-0.15, -0.1) is 0 Å². The van der Waals surface area contributed by atoms with E-state index in [1.54, 1.807) is 0 Å². The second kappa shape index (κ2) is 28.9. The maximum absolute atomic E-state index is 4.18. The molecule has 0 spiro atoms. The third-order valence-corrected chi connectivity index (χ3v) is 6.68. The van der Waals surface area contributed by atoms with E-state index in [0.29, 0.717) is 0 Å². The fourth-order valence-electron chi connectivity index (χ4n) is 3.44. The minimum atomic E-state index is 1.03. The van der Waals surface area contributed by atoms with Crippen molar-refractivity contribution >= 4 is 5.57 Å². The first-order chi connectivity index (χ1) is 19.4. The topological polar surface area (TPSA) is 0 Å². The number of hydrogen-bond donors (Lipinski definition) is 0. The molecule has 2 aromatic rings. The van der Waals surface area contributed by atoms with Gasteiger partial charge >= 0.3 is 0 Å². The van der Waals surface area contributed by atoms with Crippen molar-refractivity contribution in [3.8, 4) is 0 Å². The molecular formula is C41H68. The Kier molecular flexibility index (Phi) is 30.2. The van der Waals surface area contributed by atoms with E-state index >= 15 is 0 Å². The lowest BCUT2D eigenvalue weighted by atomic mass is 9.86. The van der Waals surface area contributed by atoms with Crippen molar-refractivity contribution in [3.05, 3.63) is 113 Å². The average molecular weight is 561 g/mol. The summed E-state index contributed by atoms with van der Waals surface area (Å²) in [5.41, 5.74) is 11.3. The summed E-state index contributed by atoms with van der Waals surface area (Å²) in [6.45, 7) is 37.9. The zero-order valence-corrected chi connectivity index (χ0v) is 29.6. The van der Waals surface area contributed by atoms with E-state index in [2.05, 4.69) is 138 Å². The molecule has 0 N–H and O–H groups in total. The van der Waals surface area contributed by atoms with Crippen LogP contribution in [0.3, 0.4) is 0 Å². The number of unbranched alkanes of at least 4 members (excludes halogenated alkanes) is 3. The van der Waals surface area contributed by atoms with Crippen LogP contribution >= 0.6 is 0 Å². The van der Waals surface area contributed by atoms with Crippen LogP contribution in [0.1, 0.15) is 143 Å². The van der Waals surface area contributed by atoms with Gasteiger partial charge in [0.15, 0.2) is 0 Å². The highest BCUT2D eigenvalue weighted by atomic mass is 14.2. The van der Waals surface area contributed by atoms with Gasteiger partial charge in [-0.25, -0.2) is 0 Å². The summed E-state index contributed by atoms with van der Waals surface area (Å²) in [4.78, 5) is 0. The summed E-state index contributed by atoms with van der Waals surface area (Å²) >= 11 is 0. The van der Waals surface area contributed by atoms with Crippen LogP contribution < -0.4 is 0 Å². The minimum Gasteiger partial charge on any atom is -0.0999 e. The summed E-state index contributed by atoms with van der Waals surface area (Å²) in [7, 11) is 0. The zero-order chi connectivity index (χ0) is 32.2. The SMILES string of the molecule is C=C(C)C(=C)C(=C(C)C)c1c(C)cccc1C.C=C(CC)CCCC.CCCC.CCCC.CCc1ccccc1. The maximum atomic E-state index is 4.18. The molecule has 0 heterocycles. The predicted molar refractivity (Wildman–Crippen MR) is 194 cm³/mol. The van der Waals surface area contributed by atoms with Gasteiger partial charge in [0.1, 0.15) is 0 Å². The van der Waals surface area contributed by atoms with E-state index in [-0.39, 0.29) is 0 Å². The Morgan fingerprint density at radius 2 is 1.07 bits per heavy atom. The molecule has 0 atom stereocenters. The van der Waals surface area contributed by atoms with Gasteiger partial charge in [-0.1, -0.05) is 166 Å². The molecule has 41 heavy (non-hydrogen) atoms. The number of allylic oxidation sites excluding steroid dienone is 5. The summed E-state index contributed by atoms with van der Waals surface area (Å²) in [6, 6.07) is 16.9. The van der Waals surface area contributed by atoms with Crippen LogP contribution in [0.4, 0.5) is 0 Å². The molecular weight excluding hydrogens is 492 g/mol. The van der Waals surface area contributed by atoms with Crippen LogP contribution in [-0.2, 0) is 6.42 Å². The van der Waals surface area contributed by atoms with E-state index in [4.69, 9.17) is 0 Å². The smallest absolute Gasteiger partial charge is 0.0120 e. The van der Waals surface area contributed by atoms with Crippen LogP contribution in [0.15, 0.2) is 90.6 Å². The number of hydrogen-bond acceptors (Lipinski definition) is 0. The largest absolute Gasteiger partial charge is 0.0999 e. The molecule has 0 aliphatic heterocycles. The van der Waals surface area contributed by atoms with Crippen LogP contribution in [0, 0.1) is 13.8 Å². The van der Waals surface area contributed by atoms with Gasteiger partial charge in [0, 0.05) is 0 Å². The molecule has 0 unspecified atom stereocenters. The monoisotopic (exact) mass is 561 g/mol. The second-order valence-electron chi connectivity index (χ2n) is 10.9. The van der Waals surface area contributed by atoms with Crippen molar-refractivity contribution < 1.29 is 0 Å². The molecule has 0 aliphatic carbocycles. The van der Waals surface area contributed by atoms with Gasteiger partial charge in [0.25, 0.3) is 0 Å². The Morgan fingerprint density at radius 1 is 0.610 bits per heavy atom. The van der Waals surface area contributed by atoms with Gasteiger partial charge in [-0.3, -0.25) is 0 Å². The maximum Gasteiger partial charge on any atom is -0.0120 e.